The van der Waals surface area contributed by atoms with Crippen LogP contribution in [0, 0.1) is 6.92 Å². The molecule has 0 saturated heterocycles. The highest BCUT2D eigenvalue weighted by atomic mass is 32.2. The fraction of sp³-hybridized carbons (Fsp3) is 0.0227. The molecule has 50 heavy (non-hydrogen) atoms. The van der Waals surface area contributed by atoms with Crippen LogP contribution in [0.2, 0.25) is 0 Å². The second-order valence-corrected chi connectivity index (χ2v) is 14.2. The van der Waals surface area contributed by atoms with E-state index in [0.29, 0.717) is 27.1 Å². The minimum absolute atomic E-state index is 0.111. The fourth-order valence-corrected chi connectivity index (χ4v) is 9.20. The Labute approximate surface area is 292 Å². The molecule has 0 saturated carbocycles. The maximum atomic E-state index is 14.6. The molecule has 0 radical (unpaired) electrons. The van der Waals surface area contributed by atoms with E-state index in [0.717, 1.165) is 32.5 Å². The molecule has 4 heterocycles. The predicted molar refractivity (Wildman–Crippen MR) is 209 cm³/mol. The van der Waals surface area contributed by atoms with Gasteiger partial charge in [0.15, 0.2) is 10.9 Å². The molecule has 1 aliphatic heterocycles. The van der Waals surface area contributed by atoms with Gasteiger partial charge in [0.05, 0.1) is 27.3 Å². The lowest BCUT2D eigenvalue weighted by Crippen LogP contribution is -2.56. The smallest absolute Gasteiger partial charge is 0.245 e. The maximum absolute atomic E-state index is 14.6. The van der Waals surface area contributed by atoms with Gasteiger partial charge in [-0.2, -0.15) is 0 Å². The van der Waals surface area contributed by atoms with Gasteiger partial charge in [0.25, 0.3) is 0 Å². The van der Waals surface area contributed by atoms with Crippen molar-refractivity contribution in [1.82, 2.24) is 9.38 Å². The van der Waals surface area contributed by atoms with Crippen LogP contribution in [-0.2, 0) is 0 Å². The molecule has 6 aromatic carbocycles. The van der Waals surface area contributed by atoms with E-state index in [-0.39, 0.29) is 17.6 Å². The van der Waals surface area contributed by atoms with Gasteiger partial charge in [-0.05, 0) is 59.0 Å². The number of nitrogens with zero attached hydrogens (tertiary/aromatic N) is 2. The number of aromatic nitrogens is 2. The summed E-state index contributed by atoms with van der Waals surface area (Å²) >= 11 is 1.74. The Kier molecular flexibility index (Phi) is 6.39. The standard InChI is InChI=1S/C44H27BN2O2S/c1-26-20-30(27-12-4-2-5-13-27)41(31(21-26)28-14-6-3-7-15-28)45-35-17-9-11-19-39(35)50-40-23-38-32(22-36(40)45)44(49)34-25-46-24-33-42(34)47(38)37-18-10-8-16-29(37)43(33)48/h2-25H,1H3. The van der Waals surface area contributed by atoms with Crippen molar-refractivity contribution in [3.63, 3.8) is 0 Å². The van der Waals surface area contributed by atoms with Crippen LogP contribution in [0.5, 0.6) is 0 Å². The Morgan fingerprint density at radius 3 is 1.86 bits per heavy atom. The van der Waals surface area contributed by atoms with E-state index < -0.39 is 0 Å². The van der Waals surface area contributed by atoms with Crippen molar-refractivity contribution in [3.05, 3.63) is 172 Å². The molecule has 1 aliphatic rings. The van der Waals surface area contributed by atoms with Gasteiger partial charge in [-0.15, -0.1) is 0 Å². The van der Waals surface area contributed by atoms with Gasteiger partial charge in [-0.3, -0.25) is 14.6 Å². The molecule has 0 amide bonds. The summed E-state index contributed by atoms with van der Waals surface area (Å²) in [4.78, 5) is 34.9. The monoisotopic (exact) mass is 658 g/mol. The number of hydrogen-bond acceptors (Lipinski definition) is 4. The summed E-state index contributed by atoms with van der Waals surface area (Å²) in [5.74, 6) is 0. The molecule has 234 valence electrons. The summed E-state index contributed by atoms with van der Waals surface area (Å²) in [5.41, 5.74) is 11.3. The summed E-state index contributed by atoms with van der Waals surface area (Å²) < 4.78 is 2.10. The Hall–Kier alpha value is -5.98. The molecule has 4 nitrogen and oxygen atoms in total. The van der Waals surface area contributed by atoms with Crippen LogP contribution in [0.3, 0.4) is 0 Å². The normalized spacial score (nSPS) is 12.5. The SMILES string of the molecule is Cc1cc(-c2ccccc2)c(B2c3ccccc3Sc3cc4c(cc32)c(=O)c2cncc3c(=O)c5ccccc5n4c32)c(-c2ccccc2)c1. The predicted octanol–water partition coefficient (Wildman–Crippen LogP) is 7.58. The number of benzene rings is 6. The number of rotatable bonds is 3. The average Bonchev–Trinajstić information content (AvgIpc) is 3.16. The van der Waals surface area contributed by atoms with Crippen molar-refractivity contribution < 1.29 is 0 Å². The highest BCUT2D eigenvalue weighted by Gasteiger charge is 2.36. The Morgan fingerprint density at radius 2 is 1.16 bits per heavy atom. The van der Waals surface area contributed by atoms with Crippen LogP contribution in [0.25, 0.3) is 60.3 Å². The fourth-order valence-electron chi connectivity index (χ4n) is 8.05. The first kappa shape index (κ1) is 29.0. The van der Waals surface area contributed by atoms with E-state index in [1.165, 1.54) is 32.5 Å². The average molecular weight is 659 g/mol. The number of fused-ring (bicyclic) bond motifs is 6. The van der Waals surface area contributed by atoms with E-state index >= 15 is 0 Å². The van der Waals surface area contributed by atoms with Gasteiger partial charge in [0.2, 0.25) is 6.71 Å². The van der Waals surface area contributed by atoms with E-state index in [1.54, 1.807) is 24.2 Å². The Bertz CT molecular complexity index is 2900. The van der Waals surface area contributed by atoms with Gasteiger partial charge >= 0.3 is 0 Å². The molecule has 0 aliphatic carbocycles. The molecule has 0 bridgehead atoms. The van der Waals surface area contributed by atoms with Crippen LogP contribution in [0.1, 0.15) is 5.56 Å². The Balaban J connectivity index is 1.37. The van der Waals surface area contributed by atoms with E-state index in [9.17, 15) is 9.59 Å². The summed E-state index contributed by atoms with van der Waals surface area (Å²) in [6, 6.07) is 46.4. The summed E-state index contributed by atoms with van der Waals surface area (Å²) in [7, 11) is 0. The van der Waals surface area contributed by atoms with Crippen LogP contribution in [0.15, 0.2) is 165 Å². The summed E-state index contributed by atoms with van der Waals surface area (Å²) in [6.07, 6.45) is 3.20. The highest BCUT2D eigenvalue weighted by molar-refractivity contribution is 8.00. The highest BCUT2D eigenvalue weighted by Crippen LogP contribution is 2.36. The van der Waals surface area contributed by atoms with Gasteiger partial charge in [0, 0.05) is 33.0 Å². The van der Waals surface area contributed by atoms with E-state index in [2.05, 4.69) is 126 Å². The van der Waals surface area contributed by atoms with Crippen molar-refractivity contribution >= 4 is 73.0 Å². The lowest BCUT2D eigenvalue weighted by molar-refractivity contribution is 1.27. The quantitative estimate of drug-likeness (QED) is 0.112. The second kappa shape index (κ2) is 11.0. The third kappa shape index (κ3) is 4.18. The number of aryl methyl sites for hydroxylation is 1. The molecule has 0 fully saturated rings. The Morgan fingerprint density at radius 1 is 0.560 bits per heavy atom. The number of para-hydroxylation sites is 1. The zero-order chi connectivity index (χ0) is 33.5. The van der Waals surface area contributed by atoms with Crippen molar-refractivity contribution in [3.8, 4) is 22.3 Å². The zero-order valence-electron chi connectivity index (χ0n) is 27.1. The molecule has 9 aromatic rings. The van der Waals surface area contributed by atoms with E-state index in [4.69, 9.17) is 0 Å². The molecular formula is C44H27BN2O2S. The maximum Gasteiger partial charge on any atom is 0.245 e. The van der Waals surface area contributed by atoms with Gasteiger partial charge < -0.3 is 4.40 Å². The minimum Gasteiger partial charge on any atom is -0.307 e. The first-order valence-corrected chi connectivity index (χ1v) is 17.5. The minimum atomic E-state index is -0.160. The van der Waals surface area contributed by atoms with Crippen molar-refractivity contribution in [2.24, 2.45) is 0 Å². The largest absolute Gasteiger partial charge is 0.307 e. The molecule has 0 atom stereocenters. The molecule has 6 heteroatoms. The van der Waals surface area contributed by atoms with Gasteiger partial charge in [0.1, 0.15) is 0 Å². The van der Waals surface area contributed by atoms with Gasteiger partial charge in [-0.1, -0.05) is 137 Å². The molecule has 0 spiro atoms. The molecule has 10 rings (SSSR count). The van der Waals surface area contributed by atoms with Crippen LogP contribution in [-0.4, -0.2) is 16.1 Å². The van der Waals surface area contributed by atoms with Crippen LogP contribution < -0.4 is 27.2 Å². The lowest BCUT2D eigenvalue weighted by Gasteiger charge is -2.30. The molecule has 3 aromatic heterocycles. The van der Waals surface area contributed by atoms with Crippen LogP contribution >= 0.6 is 11.8 Å². The van der Waals surface area contributed by atoms with Gasteiger partial charge in [-0.25, -0.2) is 0 Å². The molecule has 0 unspecified atom stereocenters. The van der Waals surface area contributed by atoms with Crippen molar-refractivity contribution in [2.45, 2.75) is 16.7 Å². The van der Waals surface area contributed by atoms with E-state index in [1.807, 2.05) is 24.3 Å². The summed E-state index contributed by atoms with van der Waals surface area (Å²) in [6.45, 7) is 2.00. The van der Waals surface area contributed by atoms with Crippen molar-refractivity contribution in [1.29, 1.82) is 0 Å². The first-order valence-electron chi connectivity index (χ1n) is 16.7. The molecule has 0 N–H and O–H groups in total. The third-order valence-electron chi connectivity index (χ3n) is 10.2. The third-order valence-corrected chi connectivity index (χ3v) is 11.3. The van der Waals surface area contributed by atoms with Crippen LogP contribution in [0.4, 0.5) is 0 Å². The number of pyridine rings is 3. The second-order valence-electron chi connectivity index (χ2n) is 13.1. The lowest BCUT2D eigenvalue weighted by atomic mass is 9.34. The topological polar surface area (TPSA) is 51.4 Å². The zero-order valence-corrected chi connectivity index (χ0v) is 27.9. The summed E-state index contributed by atoms with van der Waals surface area (Å²) in [5, 5.41) is 2.11. The first-order chi connectivity index (χ1) is 24.6. The van der Waals surface area contributed by atoms with Crippen molar-refractivity contribution in [2.75, 3.05) is 0 Å². The number of hydrogen-bond donors (Lipinski definition) is 0. The molecular weight excluding hydrogens is 631 g/mol.